The molecule has 0 bridgehead atoms. The third-order valence-electron chi connectivity index (χ3n) is 1.65. The third kappa shape index (κ3) is 1.79. The lowest BCUT2D eigenvalue weighted by Crippen LogP contribution is -2.10. The highest BCUT2D eigenvalue weighted by molar-refractivity contribution is 6.30. The first-order valence-corrected chi connectivity index (χ1v) is 4.31. The van der Waals surface area contributed by atoms with Gasteiger partial charge in [-0.15, -0.1) is 0 Å². The van der Waals surface area contributed by atoms with Crippen LogP contribution in [-0.2, 0) is 0 Å². The van der Waals surface area contributed by atoms with Crippen LogP contribution in [0.15, 0.2) is 24.8 Å². The predicted octanol–water partition coefficient (Wildman–Crippen LogP) is 1.01. The molecular weight excluding hydrogens is 220 g/mol. The van der Waals surface area contributed by atoms with Crippen LogP contribution in [0.5, 0.6) is 0 Å². The Morgan fingerprint density at radius 3 is 2.73 bits per heavy atom. The Bertz CT molecular complexity index is 511. The lowest BCUT2D eigenvalue weighted by Gasteiger charge is -2.02. The number of hydrogen-bond acceptors (Lipinski definition) is 4. The molecule has 0 spiro atoms. The zero-order chi connectivity index (χ0) is 10.8. The van der Waals surface area contributed by atoms with Crippen LogP contribution in [0.3, 0.4) is 0 Å². The van der Waals surface area contributed by atoms with E-state index in [0.717, 1.165) is 0 Å². The average molecular weight is 225 g/mol. The molecule has 76 valence electrons. The van der Waals surface area contributed by atoms with Gasteiger partial charge in [-0.3, -0.25) is 0 Å². The first kappa shape index (κ1) is 9.60. The summed E-state index contributed by atoms with van der Waals surface area (Å²) in [5.41, 5.74) is -0.169. The van der Waals surface area contributed by atoms with Gasteiger partial charge >= 0.3 is 5.97 Å². The second kappa shape index (κ2) is 3.66. The van der Waals surface area contributed by atoms with Gasteiger partial charge in [0.1, 0.15) is 0 Å². The Balaban J connectivity index is 2.57. The second-order valence-corrected chi connectivity index (χ2v) is 3.07. The summed E-state index contributed by atoms with van der Waals surface area (Å²) in [7, 11) is 0. The van der Waals surface area contributed by atoms with Crippen molar-refractivity contribution >= 4 is 17.6 Å². The topological polar surface area (TPSA) is 80.9 Å². The van der Waals surface area contributed by atoms with E-state index in [1.165, 1.54) is 29.5 Å². The predicted molar refractivity (Wildman–Crippen MR) is 51.1 cm³/mol. The van der Waals surface area contributed by atoms with Gasteiger partial charge in [-0.25, -0.2) is 19.4 Å². The minimum Gasteiger partial charge on any atom is -0.476 e. The molecule has 0 saturated heterocycles. The van der Waals surface area contributed by atoms with Crippen molar-refractivity contribution in [2.75, 3.05) is 0 Å². The molecule has 0 radical (unpaired) electrons. The number of carbonyl (C=O) groups is 1. The SMILES string of the molecule is O=C(O)c1nccnc1-n1cc(Cl)cn1. The Hall–Kier alpha value is -1.95. The van der Waals surface area contributed by atoms with E-state index in [0.29, 0.717) is 5.02 Å². The quantitative estimate of drug-likeness (QED) is 0.824. The smallest absolute Gasteiger partial charge is 0.358 e. The van der Waals surface area contributed by atoms with Crippen LogP contribution < -0.4 is 0 Å². The van der Waals surface area contributed by atoms with E-state index in [9.17, 15) is 4.79 Å². The zero-order valence-corrected chi connectivity index (χ0v) is 8.09. The van der Waals surface area contributed by atoms with Gasteiger partial charge in [-0.05, 0) is 0 Å². The molecule has 0 unspecified atom stereocenters. The van der Waals surface area contributed by atoms with Gasteiger partial charge in [-0.2, -0.15) is 5.10 Å². The molecule has 0 fully saturated rings. The molecular formula is C8H5ClN4O2. The zero-order valence-electron chi connectivity index (χ0n) is 7.33. The number of nitrogens with zero attached hydrogens (tertiary/aromatic N) is 4. The summed E-state index contributed by atoms with van der Waals surface area (Å²) in [4.78, 5) is 18.4. The highest BCUT2D eigenvalue weighted by atomic mass is 35.5. The van der Waals surface area contributed by atoms with Crippen LogP contribution in [0.25, 0.3) is 5.82 Å². The molecule has 1 N–H and O–H groups in total. The first-order valence-electron chi connectivity index (χ1n) is 3.93. The highest BCUT2D eigenvalue weighted by Crippen LogP contribution is 2.11. The molecule has 0 saturated carbocycles. The maximum absolute atomic E-state index is 10.8. The number of halogens is 1. The fourth-order valence-electron chi connectivity index (χ4n) is 1.07. The molecule has 2 heterocycles. The Kier molecular flexibility index (Phi) is 2.34. The summed E-state index contributed by atoms with van der Waals surface area (Å²) < 4.78 is 1.26. The van der Waals surface area contributed by atoms with Gasteiger partial charge in [0, 0.05) is 12.4 Å². The lowest BCUT2D eigenvalue weighted by molar-refractivity contribution is 0.0690. The van der Waals surface area contributed by atoms with Crippen LogP contribution >= 0.6 is 11.6 Å². The van der Waals surface area contributed by atoms with Crippen LogP contribution in [0.2, 0.25) is 5.02 Å². The highest BCUT2D eigenvalue weighted by Gasteiger charge is 2.14. The molecule has 0 aliphatic rings. The van der Waals surface area contributed by atoms with Crippen molar-refractivity contribution in [2.45, 2.75) is 0 Å². The van der Waals surface area contributed by atoms with E-state index in [4.69, 9.17) is 16.7 Å². The maximum Gasteiger partial charge on any atom is 0.358 e. The van der Waals surface area contributed by atoms with Crippen LogP contribution in [0, 0.1) is 0 Å². The monoisotopic (exact) mass is 224 g/mol. The molecule has 0 aliphatic heterocycles. The van der Waals surface area contributed by atoms with Crippen LogP contribution in [0.1, 0.15) is 10.5 Å². The maximum atomic E-state index is 10.8. The van der Waals surface area contributed by atoms with E-state index >= 15 is 0 Å². The normalized spacial score (nSPS) is 10.2. The summed E-state index contributed by atoms with van der Waals surface area (Å²) >= 11 is 5.66. The van der Waals surface area contributed by atoms with Gasteiger partial charge < -0.3 is 5.11 Å². The molecule has 6 nitrogen and oxygen atoms in total. The standard InChI is InChI=1S/C8H5ClN4O2/c9-5-3-12-13(4-5)7-6(8(14)15)10-1-2-11-7/h1-4H,(H,14,15). The Labute approximate surface area is 89.2 Å². The molecule has 0 amide bonds. The average Bonchev–Trinajstić information content (AvgIpc) is 2.65. The van der Waals surface area contributed by atoms with E-state index < -0.39 is 5.97 Å². The molecule has 0 atom stereocenters. The van der Waals surface area contributed by atoms with Crippen molar-refractivity contribution in [1.82, 2.24) is 19.7 Å². The number of carboxylic acid groups (broad SMARTS) is 1. The van der Waals surface area contributed by atoms with Crippen LogP contribution in [0.4, 0.5) is 0 Å². The summed E-state index contributed by atoms with van der Waals surface area (Å²) in [5.74, 6) is -1.03. The third-order valence-corrected chi connectivity index (χ3v) is 1.84. The summed E-state index contributed by atoms with van der Waals surface area (Å²) in [5, 5.41) is 13.1. The van der Waals surface area contributed by atoms with E-state index in [1.54, 1.807) is 0 Å². The number of rotatable bonds is 2. The molecule has 0 aliphatic carbocycles. The molecule has 2 aromatic rings. The van der Waals surface area contributed by atoms with Gasteiger partial charge in [0.05, 0.1) is 17.4 Å². The van der Waals surface area contributed by atoms with Gasteiger partial charge in [0.15, 0.2) is 11.5 Å². The van der Waals surface area contributed by atoms with Crippen molar-refractivity contribution in [3.63, 3.8) is 0 Å². The minimum absolute atomic E-state index is 0.136. The molecule has 2 aromatic heterocycles. The number of aromatic nitrogens is 4. The Morgan fingerprint density at radius 2 is 2.13 bits per heavy atom. The van der Waals surface area contributed by atoms with E-state index in [1.807, 2.05) is 0 Å². The van der Waals surface area contributed by atoms with Crippen molar-refractivity contribution < 1.29 is 9.90 Å². The Morgan fingerprint density at radius 1 is 1.40 bits per heavy atom. The van der Waals surface area contributed by atoms with E-state index in [-0.39, 0.29) is 11.5 Å². The molecule has 7 heteroatoms. The largest absolute Gasteiger partial charge is 0.476 e. The van der Waals surface area contributed by atoms with Gasteiger partial charge in [0.25, 0.3) is 0 Å². The van der Waals surface area contributed by atoms with Crippen molar-refractivity contribution in [1.29, 1.82) is 0 Å². The van der Waals surface area contributed by atoms with E-state index in [2.05, 4.69) is 15.1 Å². The van der Waals surface area contributed by atoms with Gasteiger partial charge in [-0.1, -0.05) is 11.6 Å². The molecule has 2 rings (SSSR count). The molecule has 15 heavy (non-hydrogen) atoms. The number of aromatic carboxylic acids is 1. The molecule has 0 aromatic carbocycles. The van der Waals surface area contributed by atoms with Gasteiger partial charge in [0.2, 0.25) is 0 Å². The van der Waals surface area contributed by atoms with Crippen LogP contribution in [-0.4, -0.2) is 30.8 Å². The number of hydrogen-bond donors (Lipinski definition) is 1. The number of carboxylic acids is 1. The summed E-state index contributed by atoms with van der Waals surface area (Å²) in [6, 6.07) is 0. The second-order valence-electron chi connectivity index (χ2n) is 2.64. The summed E-state index contributed by atoms with van der Waals surface area (Å²) in [6.45, 7) is 0. The fraction of sp³-hybridized carbons (Fsp3) is 0. The van der Waals surface area contributed by atoms with Crippen molar-refractivity contribution in [3.8, 4) is 5.82 Å². The van der Waals surface area contributed by atoms with Crippen molar-refractivity contribution in [2.24, 2.45) is 0 Å². The minimum atomic E-state index is -1.16. The van der Waals surface area contributed by atoms with Crippen molar-refractivity contribution in [3.05, 3.63) is 35.5 Å². The fourth-order valence-corrected chi connectivity index (χ4v) is 1.20. The summed E-state index contributed by atoms with van der Waals surface area (Å²) in [6.07, 6.45) is 5.54. The lowest BCUT2D eigenvalue weighted by atomic mass is 10.4. The first-order chi connectivity index (χ1) is 7.18.